The molecular formula is C23H35NO6. The number of amides is 1. The summed E-state index contributed by atoms with van der Waals surface area (Å²) < 4.78 is 21.9. The quantitative estimate of drug-likeness (QED) is 0.607. The van der Waals surface area contributed by atoms with Crippen LogP contribution in [-0.4, -0.2) is 55.2 Å². The van der Waals surface area contributed by atoms with Gasteiger partial charge in [-0.1, -0.05) is 24.3 Å². The molecule has 7 heteroatoms. The van der Waals surface area contributed by atoms with E-state index in [-0.39, 0.29) is 12.0 Å². The number of esters is 1. The van der Waals surface area contributed by atoms with E-state index in [1.807, 2.05) is 58.9 Å². The Kier molecular flexibility index (Phi) is 7.88. The molecular weight excluding hydrogens is 386 g/mol. The summed E-state index contributed by atoms with van der Waals surface area (Å²) in [5.74, 6) is -0.653. The molecule has 0 radical (unpaired) electrons. The fraction of sp³-hybridized carbons (Fsp3) is 0.652. The minimum absolute atomic E-state index is 0.261. The van der Waals surface area contributed by atoms with Crippen LogP contribution in [0.5, 0.6) is 0 Å². The third-order valence-corrected chi connectivity index (χ3v) is 4.98. The van der Waals surface area contributed by atoms with Crippen molar-refractivity contribution in [2.24, 2.45) is 0 Å². The zero-order chi connectivity index (χ0) is 22.5. The average molecular weight is 422 g/mol. The van der Waals surface area contributed by atoms with Gasteiger partial charge >= 0.3 is 12.1 Å². The minimum atomic E-state index is -0.780. The van der Waals surface area contributed by atoms with Gasteiger partial charge in [0.1, 0.15) is 11.3 Å². The molecule has 1 aliphatic rings. The summed E-state index contributed by atoms with van der Waals surface area (Å²) in [5, 5.41) is 0. The Morgan fingerprint density at radius 2 is 1.87 bits per heavy atom. The van der Waals surface area contributed by atoms with Crippen LogP contribution in [0.15, 0.2) is 24.3 Å². The lowest BCUT2D eigenvalue weighted by atomic mass is 9.94. The van der Waals surface area contributed by atoms with E-state index < -0.39 is 23.3 Å². The fourth-order valence-electron chi connectivity index (χ4n) is 3.56. The average Bonchev–Trinajstić information content (AvgIpc) is 2.96. The summed E-state index contributed by atoms with van der Waals surface area (Å²) in [7, 11) is 1.61. The van der Waals surface area contributed by atoms with Crippen LogP contribution in [0.25, 0.3) is 0 Å². The van der Waals surface area contributed by atoms with Gasteiger partial charge in [-0.25, -0.2) is 4.79 Å². The molecule has 1 heterocycles. The van der Waals surface area contributed by atoms with E-state index in [4.69, 9.17) is 18.9 Å². The summed E-state index contributed by atoms with van der Waals surface area (Å²) in [6.07, 6.45) is 0.127. The highest BCUT2D eigenvalue weighted by molar-refractivity contribution is 5.78. The topological polar surface area (TPSA) is 74.3 Å². The van der Waals surface area contributed by atoms with Gasteiger partial charge in [-0.05, 0) is 59.1 Å². The molecule has 1 aliphatic heterocycles. The number of hydrogen-bond donors (Lipinski definition) is 0. The third-order valence-electron chi connectivity index (χ3n) is 4.98. The molecule has 2 atom stereocenters. The molecule has 1 amide bonds. The number of rotatable bonds is 7. The summed E-state index contributed by atoms with van der Waals surface area (Å²) in [6.45, 7) is 12.2. The Hall–Kier alpha value is -2.12. The molecule has 7 nitrogen and oxygen atoms in total. The SMILES string of the molecule is CCOC(=O)C(CCOC)c1ccc([C@H]2COC(C)(C)N2C(=O)OC(C)(C)C)cc1. The van der Waals surface area contributed by atoms with Gasteiger partial charge < -0.3 is 18.9 Å². The van der Waals surface area contributed by atoms with Gasteiger partial charge in [-0.15, -0.1) is 0 Å². The Balaban J connectivity index is 2.26. The van der Waals surface area contributed by atoms with Crippen LogP contribution in [0.3, 0.4) is 0 Å². The number of carbonyl (C=O) groups excluding carboxylic acids is 2. The molecule has 0 bridgehead atoms. The lowest BCUT2D eigenvalue weighted by Crippen LogP contribution is -2.47. The van der Waals surface area contributed by atoms with Crippen molar-refractivity contribution >= 4 is 12.1 Å². The minimum Gasteiger partial charge on any atom is -0.466 e. The van der Waals surface area contributed by atoms with Gasteiger partial charge in [0.15, 0.2) is 0 Å². The highest BCUT2D eigenvalue weighted by Gasteiger charge is 2.46. The fourth-order valence-corrected chi connectivity index (χ4v) is 3.56. The van der Waals surface area contributed by atoms with Gasteiger partial charge in [0.25, 0.3) is 0 Å². The first-order valence-corrected chi connectivity index (χ1v) is 10.4. The molecule has 0 saturated carbocycles. The third kappa shape index (κ3) is 5.95. The van der Waals surface area contributed by atoms with Crippen molar-refractivity contribution in [1.29, 1.82) is 0 Å². The number of hydrogen-bond acceptors (Lipinski definition) is 6. The molecule has 0 aliphatic carbocycles. The molecule has 1 fully saturated rings. The van der Waals surface area contributed by atoms with Crippen LogP contribution >= 0.6 is 0 Å². The van der Waals surface area contributed by atoms with Crippen molar-refractivity contribution in [3.8, 4) is 0 Å². The van der Waals surface area contributed by atoms with Crippen LogP contribution in [0.1, 0.15) is 71.0 Å². The first kappa shape index (κ1) is 24.2. The molecule has 2 rings (SSSR count). The molecule has 168 valence electrons. The van der Waals surface area contributed by atoms with Gasteiger partial charge in [0.05, 0.1) is 25.2 Å². The van der Waals surface area contributed by atoms with Crippen LogP contribution in [0.2, 0.25) is 0 Å². The first-order chi connectivity index (χ1) is 14.0. The van der Waals surface area contributed by atoms with Crippen molar-refractivity contribution in [2.75, 3.05) is 26.9 Å². The predicted molar refractivity (Wildman–Crippen MR) is 113 cm³/mol. The van der Waals surface area contributed by atoms with Crippen molar-refractivity contribution in [2.45, 2.75) is 71.2 Å². The van der Waals surface area contributed by atoms with Gasteiger partial charge in [-0.3, -0.25) is 9.69 Å². The predicted octanol–water partition coefficient (Wildman–Crippen LogP) is 4.41. The summed E-state index contributed by atoms with van der Waals surface area (Å²) >= 11 is 0. The van der Waals surface area contributed by atoms with Crippen LogP contribution in [0.4, 0.5) is 4.79 Å². The van der Waals surface area contributed by atoms with Crippen molar-refractivity contribution in [3.05, 3.63) is 35.4 Å². The Bertz CT molecular complexity index is 722. The summed E-state index contributed by atoms with van der Waals surface area (Å²) in [4.78, 5) is 26.9. The van der Waals surface area contributed by atoms with Gasteiger partial charge in [-0.2, -0.15) is 0 Å². The largest absolute Gasteiger partial charge is 0.466 e. The standard InChI is InChI=1S/C23H35NO6/c1-8-28-20(25)18(13-14-27-7)16-9-11-17(12-10-16)19-15-29-23(5,6)24(19)21(26)30-22(2,3)4/h9-12,18-19H,8,13-15H2,1-7H3/t18?,19-/m1/s1. The van der Waals surface area contributed by atoms with E-state index >= 15 is 0 Å². The molecule has 1 aromatic rings. The molecule has 30 heavy (non-hydrogen) atoms. The maximum absolute atomic E-state index is 12.9. The number of ether oxygens (including phenoxy) is 4. The highest BCUT2D eigenvalue weighted by atomic mass is 16.6. The molecule has 0 N–H and O–H groups in total. The monoisotopic (exact) mass is 421 g/mol. The number of benzene rings is 1. The second kappa shape index (κ2) is 9.79. The second-order valence-corrected chi connectivity index (χ2v) is 8.88. The smallest absolute Gasteiger partial charge is 0.413 e. The molecule has 0 spiro atoms. The van der Waals surface area contributed by atoms with E-state index in [2.05, 4.69) is 0 Å². The van der Waals surface area contributed by atoms with Gasteiger partial charge in [0, 0.05) is 13.7 Å². The molecule has 1 saturated heterocycles. The van der Waals surface area contributed by atoms with E-state index in [9.17, 15) is 9.59 Å². The van der Waals surface area contributed by atoms with E-state index in [0.717, 1.165) is 11.1 Å². The normalized spacial score (nSPS) is 19.4. The van der Waals surface area contributed by atoms with Crippen molar-refractivity contribution in [3.63, 3.8) is 0 Å². The van der Waals surface area contributed by atoms with E-state index in [1.165, 1.54) is 0 Å². The van der Waals surface area contributed by atoms with E-state index in [0.29, 0.717) is 26.2 Å². The van der Waals surface area contributed by atoms with Crippen LogP contribution in [0, 0.1) is 0 Å². The van der Waals surface area contributed by atoms with Crippen LogP contribution < -0.4 is 0 Å². The first-order valence-electron chi connectivity index (χ1n) is 10.4. The number of nitrogens with zero attached hydrogens (tertiary/aromatic N) is 1. The van der Waals surface area contributed by atoms with Gasteiger partial charge in [0.2, 0.25) is 0 Å². The van der Waals surface area contributed by atoms with Crippen LogP contribution in [-0.2, 0) is 23.7 Å². The van der Waals surface area contributed by atoms with Crippen molar-refractivity contribution < 1.29 is 28.5 Å². The number of carbonyl (C=O) groups is 2. The lowest BCUT2D eigenvalue weighted by Gasteiger charge is -2.35. The summed E-state index contributed by atoms with van der Waals surface area (Å²) in [5.41, 5.74) is 0.400. The Labute approximate surface area is 179 Å². The second-order valence-electron chi connectivity index (χ2n) is 8.88. The lowest BCUT2D eigenvalue weighted by molar-refractivity contribution is -0.145. The molecule has 0 aromatic heterocycles. The molecule has 1 aromatic carbocycles. The van der Waals surface area contributed by atoms with E-state index in [1.54, 1.807) is 18.9 Å². The Morgan fingerprint density at radius 1 is 1.23 bits per heavy atom. The molecule has 1 unspecified atom stereocenters. The highest BCUT2D eigenvalue weighted by Crippen LogP contribution is 2.38. The zero-order valence-electron chi connectivity index (χ0n) is 19.2. The maximum Gasteiger partial charge on any atom is 0.413 e. The van der Waals surface area contributed by atoms with Crippen molar-refractivity contribution in [1.82, 2.24) is 4.90 Å². The zero-order valence-corrected chi connectivity index (χ0v) is 19.2. The number of methoxy groups -OCH3 is 1. The summed E-state index contributed by atoms with van der Waals surface area (Å²) in [6, 6.07) is 7.41. The Morgan fingerprint density at radius 3 is 2.40 bits per heavy atom. The maximum atomic E-state index is 12.9.